The van der Waals surface area contributed by atoms with Gasteiger partial charge in [0.1, 0.15) is 17.2 Å². The van der Waals surface area contributed by atoms with E-state index in [1.165, 1.54) is 0 Å². The molecular formula is C27H12F4N2S. The molecule has 5 rings (SSSR count). The van der Waals surface area contributed by atoms with Crippen molar-refractivity contribution in [2.75, 3.05) is 4.90 Å². The Labute approximate surface area is 197 Å². The van der Waals surface area contributed by atoms with Crippen molar-refractivity contribution in [3.8, 4) is 17.9 Å². The quantitative estimate of drug-likeness (QED) is 0.144. The Morgan fingerprint density at radius 1 is 0.618 bits per heavy atom. The Morgan fingerprint density at radius 3 is 1.65 bits per heavy atom. The van der Waals surface area contributed by atoms with Crippen molar-refractivity contribution in [2.24, 2.45) is 0 Å². The molecule has 0 radical (unpaired) electrons. The SMILES string of the molecule is N#Cc1c(F)c(F)c(C#Cc2ccc(N3c4ccccc4Sc4ccccc43)cc2)c(F)c1F. The number of hydrogen-bond donors (Lipinski definition) is 0. The third kappa shape index (κ3) is 3.57. The predicted octanol–water partition coefficient (Wildman–Crippen LogP) is 7.45. The van der Waals surface area contributed by atoms with Crippen molar-refractivity contribution >= 4 is 28.8 Å². The van der Waals surface area contributed by atoms with Gasteiger partial charge >= 0.3 is 0 Å². The summed E-state index contributed by atoms with van der Waals surface area (Å²) in [7, 11) is 0. The number of rotatable bonds is 1. The number of fused-ring (bicyclic) bond motifs is 2. The molecule has 2 nitrogen and oxygen atoms in total. The van der Waals surface area contributed by atoms with Crippen molar-refractivity contribution in [2.45, 2.75) is 9.79 Å². The van der Waals surface area contributed by atoms with Crippen LogP contribution < -0.4 is 4.90 Å². The second-order valence-corrected chi connectivity index (χ2v) is 8.37. The monoisotopic (exact) mass is 472 g/mol. The lowest BCUT2D eigenvalue weighted by Gasteiger charge is -2.32. The molecule has 0 saturated carbocycles. The van der Waals surface area contributed by atoms with E-state index in [-0.39, 0.29) is 0 Å². The summed E-state index contributed by atoms with van der Waals surface area (Å²) in [6.07, 6.45) is 0. The summed E-state index contributed by atoms with van der Waals surface area (Å²) < 4.78 is 56.0. The van der Waals surface area contributed by atoms with E-state index in [9.17, 15) is 17.6 Å². The molecule has 0 saturated heterocycles. The van der Waals surface area contributed by atoms with Gasteiger partial charge in [-0.25, -0.2) is 17.6 Å². The highest BCUT2D eigenvalue weighted by atomic mass is 32.2. The van der Waals surface area contributed by atoms with Crippen LogP contribution in [0.15, 0.2) is 82.6 Å². The van der Waals surface area contributed by atoms with Crippen LogP contribution in [0.5, 0.6) is 0 Å². The van der Waals surface area contributed by atoms with Gasteiger partial charge in [0.2, 0.25) is 0 Å². The predicted molar refractivity (Wildman–Crippen MR) is 122 cm³/mol. The first kappa shape index (κ1) is 21.6. The first-order chi connectivity index (χ1) is 16.5. The van der Waals surface area contributed by atoms with Gasteiger partial charge in [0, 0.05) is 21.0 Å². The van der Waals surface area contributed by atoms with E-state index < -0.39 is 34.4 Å². The number of anilines is 3. The molecule has 0 aromatic heterocycles. The van der Waals surface area contributed by atoms with Gasteiger partial charge < -0.3 is 4.90 Å². The van der Waals surface area contributed by atoms with Crippen LogP contribution >= 0.6 is 11.8 Å². The third-order valence-electron chi connectivity index (χ3n) is 5.26. The molecule has 34 heavy (non-hydrogen) atoms. The standard InChI is InChI=1S/C27H12F4N2S/c28-24-18(25(29)27(31)19(15-32)26(24)30)14-11-16-9-12-17(13-10-16)33-20-5-1-3-7-22(20)34-23-8-4-2-6-21(23)33/h1-10,12-13H. The fourth-order valence-corrected chi connectivity index (χ4v) is 4.71. The fourth-order valence-electron chi connectivity index (χ4n) is 3.65. The molecule has 0 N–H and O–H groups in total. The Balaban J connectivity index is 1.53. The number of halogens is 4. The molecule has 0 atom stereocenters. The van der Waals surface area contributed by atoms with Crippen molar-refractivity contribution in [3.63, 3.8) is 0 Å². The molecule has 4 aromatic carbocycles. The maximum absolute atomic E-state index is 14.1. The lowest BCUT2D eigenvalue weighted by atomic mass is 10.1. The van der Waals surface area contributed by atoms with E-state index in [4.69, 9.17) is 5.26 Å². The number of para-hydroxylation sites is 2. The molecule has 1 heterocycles. The lowest BCUT2D eigenvalue weighted by molar-refractivity contribution is 0.447. The molecule has 7 heteroatoms. The molecule has 0 amide bonds. The van der Waals surface area contributed by atoms with Crippen LogP contribution in [0.1, 0.15) is 16.7 Å². The maximum atomic E-state index is 14.1. The molecular weight excluding hydrogens is 460 g/mol. The van der Waals surface area contributed by atoms with E-state index in [2.05, 4.69) is 16.7 Å². The van der Waals surface area contributed by atoms with Gasteiger partial charge in [-0.2, -0.15) is 5.26 Å². The van der Waals surface area contributed by atoms with E-state index in [1.807, 2.05) is 48.5 Å². The van der Waals surface area contributed by atoms with Gasteiger partial charge in [0.15, 0.2) is 23.3 Å². The largest absolute Gasteiger partial charge is 0.308 e. The molecule has 0 fully saturated rings. The number of hydrogen-bond acceptors (Lipinski definition) is 3. The van der Waals surface area contributed by atoms with Gasteiger partial charge in [-0.3, -0.25) is 0 Å². The zero-order valence-corrected chi connectivity index (χ0v) is 18.1. The van der Waals surface area contributed by atoms with E-state index in [1.54, 1.807) is 36.0 Å². The maximum Gasteiger partial charge on any atom is 0.181 e. The Bertz CT molecular complexity index is 1470. The van der Waals surface area contributed by atoms with Gasteiger partial charge in [0.25, 0.3) is 0 Å². The highest BCUT2D eigenvalue weighted by molar-refractivity contribution is 7.99. The van der Waals surface area contributed by atoms with E-state index in [0.29, 0.717) is 5.56 Å². The van der Waals surface area contributed by atoms with Crippen LogP contribution in [0.4, 0.5) is 34.6 Å². The van der Waals surface area contributed by atoms with Crippen molar-refractivity contribution in [1.82, 2.24) is 0 Å². The topological polar surface area (TPSA) is 27.0 Å². The molecule has 0 bridgehead atoms. The Kier molecular flexibility index (Phi) is 5.49. The van der Waals surface area contributed by atoms with Crippen LogP contribution in [0.3, 0.4) is 0 Å². The molecule has 0 unspecified atom stereocenters. The molecule has 4 aromatic rings. The second-order valence-electron chi connectivity index (χ2n) is 7.29. The molecule has 1 aliphatic rings. The minimum Gasteiger partial charge on any atom is -0.308 e. The third-order valence-corrected chi connectivity index (χ3v) is 6.40. The zero-order valence-electron chi connectivity index (χ0n) is 17.2. The van der Waals surface area contributed by atoms with Crippen LogP contribution in [0.2, 0.25) is 0 Å². The normalized spacial score (nSPS) is 11.7. The number of benzene rings is 4. The first-order valence-electron chi connectivity index (χ1n) is 10.0. The smallest absolute Gasteiger partial charge is 0.181 e. The zero-order chi connectivity index (χ0) is 23.8. The van der Waals surface area contributed by atoms with Gasteiger partial charge in [-0.1, -0.05) is 47.9 Å². The number of nitriles is 1. The second kappa shape index (κ2) is 8.62. The van der Waals surface area contributed by atoms with Crippen LogP contribution in [-0.4, -0.2) is 0 Å². The summed E-state index contributed by atoms with van der Waals surface area (Å²) in [5.41, 5.74) is 0.883. The average Bonchev–Trinajstić information content (AvgIpc) is 2.87. The summed E-state index contributed by atoms with van der Waals surface area (Å²) in [4.78, 5) is 4.30. The summed E-state index contributed by atoms with van der Waals surface area (Å²) in [6.45, 7) is 0. The summed E-state index contributed by atoms with van der Waals surface area (Å²) >= 11 is 1.68. The van der Waals surface area contributed by atoms with Crippen LogP contribution in [0.25, 0.3) is 0 Å². The Hall–Kier alpha value is -4.20. The minimum atomic E-state index is -1.76. The first-order valence-corrected chi connectivity index (χ1v) is 10.9. The van der Waals surface area contributed by atoms with E-state index in [0.717, 1.165) is 32.9 Å². The fraction of sp³-hybridized carbons (Fsp3) is 0. The Morgan fingerprint density at radius 2 is 1.12 bits per heavy atom. The van der Waals surface area contributed by atoms with Gasteiger partial charge in [0.05, 0.1) is 11.4 Å². The molecule has 0 spiro atoms. The summed E-state index contributed by atoms with van der Waals surface area (Å²) in [5, 5.41) is 8.70. The molecule has 164 valence electrons. The highest BCUT2D eigenvalue weighted by Crippen LogP contribution is 2.50. The van der Waals surface area contributed by atoms with Crippen molar-refractivity contribution < 1.29 is 17.6 Å². The van der Waals surface area contributed by atoms with Crippen molar-refractivity contribution in [3.05, 3.63) is 113 Å². The molecule has 1 aliphatic heterocycles. The van der Waals surface area contributed by atoms with Crippen LogP contribution in [-0.2, 0) is 0 Å². The minimum absolute atomic E-state index is 0.390. The van der Waals surface area contributed by atoms with Gasteiger partial charge in [-0.05, 0) is 48.5 Å². The lowest BCUT2D eigenvalue weighted by Crippen LogP contribution is -2.14. The molecule has 0 aliphatic carbocycles. The van der Waals surface area contributed by atoms with Crippen molar-refractivity contribution in [1.29, 1.82) is 5.26 Å². The van der Waals surface area contributed by atoms with Gasteiger partial charge in [-0.15, -0.1) is 0 Å². The summed E-state index contributed by atoms with van der Waals surface area (Å²) in [5.74, 6) is -2.23. The van der Waals surface area contributed by atoms with Crippen LogP contribution in [0, 0.1) is 46.4 Å². The number of nitrogens with zero attached hydrogens (tertiary/aromatic N) is 2. The highest BCUT2D eigenvalue weighted by Gasteiger charge is 2.25. The average molecular weight is 472 g/mol. The summed E-state index contributed by atoms with van der Waals surface area (Å²) in [6, 6.07) is 24.0. The van der Waals surface area contributed by atoms with E-state index >= 15 is 0 Å².